The molecule has 3 unspecified atom stereocenters. The molecular weight excluding hydrogens is 488 g/mol. The van der Waals surface area contributed by atoms with E-state index in [0.29, 0.717) is 5.75 Å². The first-order valence-electron chi connectivity index (χ1n) is 11.0. The molecule has 1 saturated heterocycles. The molecular formula is C26H25ClN2O5S. The highest BCUT2D eigenvalue weighted by Crippen LogP contribution is 2.44. The predicted octanol–water partition coefficient (Wildman–Crippen LogP) is 4.47. The number of carbonyl (C=O) groups is 3. The molecule has 0 aliphatic carbocycles. The van der Waals surface area contributed by atoms with Crippen LogP contribution >= 0.6 is 22.9 Å². The summed E-state index contributed by atoms with van der Waals surface area (Å²) < 4.78 is 10.2. The third-order valence-electron chi connectivity index (χ3n) is 6.10. The van der Waals surface area contributed by atoms with E-state index in [-0.39, 0.29) is 29.5 Å². The summed E-state index contributed by atoms with van der Waals surface area (Å²) in [6.45, 7) is 0.264. The molecule has 9 heteroatoms. The number of hydrogen-bond acceptors (Lipinski definition) is 6. The van der Waals surface area contributed by atoms with Crippen LogP contribution < -0.4 is 10.1 Å². The molecule has 1 aliphatic rings. The van der Waals surface area contributed by atoms with Gasteiger partial charge in [0.25, 0.3) is 5.91 Å². The van der Waals surface area contributed by atoms with Crippen LogP contribution in [0.2, 0.25) is 5.02 Å². The van der Waals surface area contributed by atoms with Crippen molar-refractivity contribution in [2.75, 3.05) is 14.2 Å². The zero-order chi connectivity index (χ0) is 24.9. The maximum atomic E-state index is 13.8. The molecule has 3 aromatic rings. The molecule has 0 saturated carbocycles. The molecule has 1 aliphatic heterocycles. The van der Waals surface area contributed by atoms with Crippen molar-refractivity contribution in [3.8, 4) is 5.75 Å². The van der Waals surface area contributed by atoms with E-state index >= 15 is 0 Å². The summed E-state index contributed by atoms with van der Waals surface area (Å²) in [5, 5.41) is 5.07. The topological polar surface area (TPSA) is 84.9 Å². The van der Waals surface area contributed by atoms with Crippen LogP contribution in [0.25, 0.3) is 0 Å². The minimum Gasteiger partial charge on any atom is -0.497 e. The quantitative estimate of drug-likeness (QED) is 0.472. The molecule has 35 heavy (non-hydrogen) atoms. The van der Waals surface area contributed by atoms with Crippen LogP contribution in [-0.4, -0.2) is 42.9 Å². The van der Waals surface area contributed by atoms with Gasteiger partial charge >= 0.3 is 5.97 Å². The van der Waals surface area contributed by atoms with Crippen molar-refractivity contribution >= 4 is 40.7 Å². The molecule has 0 spiro atoms. The van der Waals surface area contributed by atoms with E-state index in [1.165, 1.54) is 23.3 Å². The van der Waals surface area contributed by atoms with E-state index in [1.807, 2.05) is 41.8 Å². The summed E-state index contributed by atoms with van der Waals surface area (Å²) in [4.78, 5) is 42.3. The second-order valence-corrected chi connectivity index (χ2v) is 9.49. The second kappa shape index (κ2) is 10.9. The van der Waals surface area contributed by atoms with Gasteiger partial charge in [0.2, 0.25) is 5.91 Å². The smallest absolute Gasteiger partial charge is 0.311 e. The van der Waals surface area contributed by atoms with Gasteiger partial charge in [-0.15, -0.1) is 11.3 Å². The average Bonchev–Trinajstić information content (AvgIpc) is 3.55. The number of ether oxygens (including phenoxy) is 2. The fraction of sp³-hybridized carbons (Fsp3) is 0.269. The van der Waals surface area contributed by atoms with Crippen molar-refractivity contribution in [2.24, 2.45) is 5.92 Å². The number of hydrogen-bond donors (Lipinski definition) is 1. The van der Waals surface area contributed by atoms with Gasteiger partial charge in [-0.1, -0.05) is 41.9 Å². The van der Waals surface area contributed by atoms with Crippen molar-refractivity contribution in [2.45, 2.75) is 25.0 Å². The molecule has 7 nitrogen and oxygen atoms in total. The predicted molar refractivity (Wildman–Crippen MR) is 133 cm³/mol. The van der Waals surface area contributed by atoms with Crippen LogP contribution in [0.5, 0.6) is 5.75 Å². The maximum Gasteiger partial charge on any atom is 0.311 e. The Morgan fingerprint density at radius 1 is 1.06 bits per heavy atom. The lowest BCUT2D eigenvalue weighted by molar-refractivity contribution is -0.146. The Balaban J connectivity index is 1.67. The third kappa shape index (κ3) is 5.18. The second-order valence-electron chi connectivity index (χ2n) is 8.10. The van der Waals surface area contributed by atoms with Crippen LogP contribution in [0.3, 0.4) is 0 Å². The van der Waals surface area contributed by atoms with Crippen LogP contribution in [0.4, 0.5) is 0 Å². The molecule has 1 fully saturated rings. The molecule has 0 radical (unpaired) electrons. The molecule has 1 N–H and O–H groups in total. The minimum atomic E-state index is -0.881. The monoisotopic (exact) mass is 512 g/mol. The number of carbonyl (C=O) groups excluding carboxylic acids is 3. The highest BCUT2D eigenvalue weighted by molar-refractivity contribution is 7.10. The Bertz CT molecular complexity index is 1200. The number of rotatable bonds is 7. The van der Waals surface area contributed by atoms with Gasteiger partial charge in [0.15, 0.2) is 0 Å². The fourth-order valence-electron chi connectivity index (χ4n) is 4.37. The average molecular weight is 513 g/mol. The number of esters is 1. The van der Waals surface area contributed by atoms with Crippen molar-refractivity contribution in [1.82, 2.24) is 10.2 Å². The summed E-state index contributed by atoms with van der Waals surface area (Å²) in [7, 11) is 2.90. The summed E-state index contributed by atoms with van der Waals surface area (Å²) in [5.41, 5.74) is 1.15. The van der Waals surface area contributed by atoms with E-state index in [1.54, 1.807) is 31.4 Å². The van der Waals surface area contributed by atoms with Crippen LogP contribution in [-0.2, 0) is 20.9 Å². The summed E-state index contributed by atoms with van der Waals surface area (Å²) >= 11 is 7.76. The van der Waals surface area contributed by atoms with Gasteiger partial charge in [-0.05, 0) is 47.7 Å². The molecule has 0 bridgehead atoms. The molecule has 2 aromatic carbocycles. The maximum absolute atomic E-state index is 13.8. The van der Waals surface area contributed by atoms with Crippen molar-refractivity contribution in [1.29, 1.82) is 0 Å². The van der Waals surface area contributed by atoms with Gasteiger partial charge in [-0.3, -0.25) is 14.4 Å². The lowest BCUT2D eigenvalue weighted by Crippen LogP contribution is -2.46. The Morgan fingerprint density at radius 3 is 2.43 bits per heavy atom. The first-order chi connectivity index (χ1) is 16.9. The van der Waals surface area contributed by atoms with E-state index in [2.05, 4.69) is 5.32 Å². The van der Waals surface area contributed by atoms with Crippen molar-refractivity contribution in [3.05, 3.63) is 87.1 Å². The Hall–Kier alpha value is -3.36. The number of halogens is 1. The normalized spacial score (nSPS) is 19.3. The lowest BCUT2D eigenvalue weighted by Gasteiger charge is -2.30. The Morgan fingerprint density at radius 2 is 1.80 bits per heavy atom. The largest absolute Gasteiger partial charge is 0.497 e. The third-order valence-corrected chi connectivity index (χ3v) is 7.37. The van der Waals surface area contributed by atoms with E-state index in [4.69, 9.17) is 21.1 Å². The van der Waals surface area contributed by atoms with Crippen molar-refractivity contribution in [3.63, 3.8) is 0 Å². The van der Waals surface area contributed by atoms with Gasteiger partial charge < -0.3 is 19.7 Å². The molecule has 3 atom stereocenters. The lowest BCUT2D eigenvalue weighted by atomic mass is 9.97. The highest BCUT2D eigenvalue weighted by atomic mass is 35.5. The Kier molecular flexibility index (Phi) is 7.73. The van der Waals surface area contributed by atoms with Gasteiger partial charge in [0, 0.05) is 11.4 Å². The van der Waals surface area contributed by atoms with Gasteiger partial charge in [-0.25, -0.2) is 0 Å². The van der Waals surface area contributed by atoms with Gasteiger partial charge in [0.1, 0.15) is 11.8 Å². The highest BCUT2D eigenvalue weighted by Gasteiger charge is 2.51. The number of thiophene rings is 1. The number of nitrogens with one attached hydrogen (secondary N) is 1. The zero-order valence-corrected chi connectivity index (χ0v) is 20.8. The van der Waals surface area contributed by atoms with E-state index in [0.717, 1.165) is 10.4 Å². The number of nitrogens with zero attached hydrogens (tertiary/aromatic N) is 1. The molecule has 2 amide bonds. The molecule has 1 aromatic heterocycles. The van der Waals surface area contributed by atoms with Gasteiger partial charge in [0.05, 0.1) is 36.8 Å². The molecule has 4 rings (SSSR count). The minimum absolute atomic E-state index is 0.139. The fourth-order valence-corrected chi connectivity index (χ4v) is 5.47. The van der Waals surface area contributed by atoms with Crippen LogP contribution in [0.15, 0.2) is 66.0 Å². The zero-order valence-electron chi connectivity index (χ0n) is 19.3. The number of amides is 2. The van der Waals surface area contributed by atoms with Crippen molar-refractivity contribution < 1.29 is 23.9 Å². The molecule has 2 heterocycles. The first-order valence-corrected chi connectivity index (χ1v) is 12.3. The Labute approximate surface area is 212 Å². The van der Waals surface area contributed by atoms with Crippen LogP contribution in [0.1, 0.15) is 33.3 Å². The summed E-state index contributed by atoms with van der Waals surface area (Å²) in [5.74, 6) is -1.21. The van der Waals surface area contributed by atoms with Gasteiger partial charge in [-0.2, -0.15) is 0 Å². The first kappa shape index (κ1) is 24.8. The molecule has 182 valence electrons. The SMILES string of the molecule is COC(=O)C1CC(C(=O)NCc2ccc(OC)cc2)N(C(=O)c2ccccc2Cl)C1c1cccs1. The number of likely N-dealkylation sites (tertiary alicyclic amines) is 1. The number of benzene rings is 2. The number of methoxy groups -OCH3 is 2. The van der Waals surface area contributed by atoms with E-state index in [9.17, 15) is 14.4 Å². The van der Waals surface area contributed by atoms with E-state index < -0.39 is 29.9 Å². The van der Waals surface area contributed by atoms with Crippen LogP contribution in [0, 0.1) is 5.92 Å². The standard InChI is InChI=1S/C26H25ClN2O5S/c1-33-17-11-9-16(10-12-17)15-28-24(30)21-14-19(26(32)34-2)23(22-8-5-13-35-22)29(21)25(31)18-6-3-4-7-20(18)27/h3-13,19,21,23H,14-15H2,1-2H3,(H,28,30). The summed E-state index contributed by atoms with van der Waals surface area (Å²) in [6, 6.07) is 16.2. The summed E-state index contributed by atoms with van der Waals surface area (Å²) in [6.07, 6.45) is 0.139.